The molecule has 9 heavy (non-hydrogen) atoms. The number of ether oxygens (including phenoxy) is 1. The fourth-order valence-electron chi connectivity index (χ4n) is 0.632. The van der Waals surface area contributed by atoms with E-state index < -0.39 is 5.97 Å². The average Bonchev–Trinajstić information content (AvgIpc) is 1.57. The monoisotopic (exact) mass is 122 g/mol. The minimum atomic E-state index is -0.928. The number of rotatable bonds is 1. The van der Waals surface area contributed by atoms with E-state index in [9.17, 15) is 4.79 Å². The van der Waals surface area contributed by atoms with Crippen LogP contribution in [0, 0.1) is 6.10 Å². The van der Waals surface area contributed by atoms with Crippen LogP contribution < -0.4 is 18.9 Å². The number of carboxylic acid groups (broad SMARTS) is 1. The maximum absolute atomic E-state index is 9.97. The van der Waals surface area contributed by atoms with E-state index in [1.807, 2.05) is 6.92 Å². The molecule has 0 aliphatic carbocycles. The molecule has 1 rings (SSSR count). The molecule has 46 valence electrons. The second-order valence-corrected chi connectivity index (χ2v) is 1.86. The maximum atomic E-state index is 9.97. The summed E-state index contributed by atoms with van der Waals surface area (Å²) in [5.41, 5.74) is 0. The summed E-state index contributed by atoms with van der Waals surface area (Å²) in [6, 6.07) is 0. The average molecular weight is 122 g/mol. The Morgan fingerprint density at radius 1 is 1.89 bits per heavy atom. The Balaban J connectivity index is 0.000000640. The van der Waals surface area contributed by atoms with Crippen molar-refractivity contribution in [1.29, 1.82) is 0 Å². The Labute approximate surface area is 65.6 Å². The van der Waals surface area contributed by atoms with Gasteiger partial charge in [0.2, 0.25) is 0 Å². The van der Waals surface area contributed by atoms with E-state index in [-0.39, 0.29) is 31.1 Å². The molecule has 0 aromatic heterocycles. The van der Waals surface area contributed by atoms with Crippen molar-refractivity contribution in [2.24, 2.45) is 0 Å². The Morgan fingerprint density at radius 3 is 2.44 bits per heavy atom. The third-order valence-corrected chi connectivity index (χ3v) is 1.05. The maximum Gasteiger partial charge on any atom is 1.00 e. The summed E-state index contributed by atoms with van der Waals surface area (Å²) in [4.78, 5) is 9.97. The molecule has 1 saturated heterocycles. The zero-order valence-corrected chi connectivity index (χ0v) is 5.55. The number of hydrogen-bond donors (Lipinski definition) is 1. The van der Waals surface area contributed by atoms with Crippen molar-refractivity contribution < 1.29 is 33.5 Å². The van der Waals surface area contributed by atoms with Crippen LogP contribution in [0.1, 0.15) is 13.3 Å². The molecule has 1 aliphatic heterocycles. The van der Waals surface area contributed by atoms with Gasteiger partial charge in [-0.2, -0.15) is 6.10 Å². The predicted octanol–water partition coefficient (Wildman–Crippen LogP) is -2.58. The van der Waals surface area contributed by atoms with Gasteiger partial charge in [0, 0.05) is 6.10 Å². The van der Waals surface area contributed by atoms with Gasteiger partial charge in [0.25, 0.3) is 0 Å². The van der Waals surface area contributed by atoms with E-state index in [0.29, 0.717) is 6.42 Å². The molecule has 1 heterocycles. The van der Waals surface area contributed by atoms with Gasteiger partial charge in [-0.1, -0.05) is 0 Å². The van der Waals surface area contributed by atoms with Crippen LogP contribution in [-0.2, 0) is 9.53 Å². The number of carboxylic acids is 1. The van der Waals surface area contributed by atoms with Gasteiger partial charge < -0.3 is 9.84 Å². The van der Waals surface area contributed by atoms with Crippen molar-refractivity contribution in [3.05, 3.63) is 6.10 Å². The molecule has 0 spiro atoms. The molecular weight excluding hydrogens is 115 g/mol. The second kappa shape index (κ2) is 3.16. The van der Waals surface area contributed by atoms with Crippen LogP contribution >= 0.6 is 0 Å². The summed E-state index contributed by atoms with van der Waals surface area (Å²) in [6.45, 7) is 1.84. The Morgan fingerprint density at radius 2 is 2.33 bits per heavy atom. The van der Waals surface area contributed by atoms with Gasteiger partial charge in [-0.3, -0.25) is 4.79 Å². The first-order chi connectivity index (χ1) is 3.70. The smallest absolute Gasteiger partial charge is 0.519 e. The summed E-state index contributed by atoms with van der Waals surface area (Å²) < 4.78 is 4.72. The van der Waals surface area contributed by atoms with Gasteiger partial charge in [-0.15, -0.1) is 6.42 Å². The number of carbonyl (C=O) groups is 1. The van der Waals surface area contributed by atoms with E-state index in [0.717, 1.165) is 0 Å². The van der Waals surface area contributed by atoms with E-state index in [4.69, 9.17) is 9.84 Å². The van der Waals surface area contributed by atoms with Crippen LogP contribution in [0.2, 0.25) is 0 Å². The molecule has 0 unspecified atom stereocenters. The van der Waals surface area contributed by atoms with Crippen molar-refractivity contribution in [2.75, 3.05) is 0 Å². The van der Waals surface area contributed by atoms with Crippen LogP contribution in [0.3, 0.4) is 0 Å². The van der Waals surface area contributed by atoms with Gasteiger partial charge in [-0.05, 0) is 6.92 Å². The Kier molecular flexibility index (Phi) is 3.13. The zero-order chi connectivity index (χ0) is 6.15. The molecule has 1 atom stereocenters. The normalized spacial score (nSPS) is 24.1. The van der Waals surface area contributed by atoms with E-state index in [1.165, 1.54) is 0 Å². The molecule has 0 bridgehead atoms. The van der Waals surface area contributed by atoms with Crippen LogP contribution in [0.15, 0.2) is 0 Å². The third kappa shape index (κ3) is 1.94. The van der Waals surface area contributed by atoms with Gasteiger partial charge in [0.15, 0.2) is 5.97 Å². The van der Waals surface area contributed by atoms with Crippen LogP contribution in [0.4, 0.5) is 0 Å². The van der Waals surface area contributed by atoms with Gasteiger partial charge in [0.05, 0.1) is 0 Å². The standard InChI is InChI=1S/C5H7O3.Li/c1-3-2-4(8-3)5(6)7;/h3H,2H2,1H3,(H,6,7);/q-1;+1/t3-;/m1./s1. The largest absolute Gasteiger partial charge is 1.00 e. The summed E-state index contributed by atoms with van der Waals surface area (Å²) in [7, 11) is 0. The fourth-order valence-corrected chi connectivity index (χ4v) is 0.632. The van der Waals surface area contributed by atoms with Crippen LogP contribution in [-0.4, -0.2) is 17.2 Å². The van der Waals surface area contributed by atoms with E-state index in [2.05, 4.69) is 0 Å². The molecule has 3 nitrogen and oxygen atoms in total. The van der Waals surface area contributed by atoms with Crippen molar-refractivity contribution in [2.45, 2.75) is 19.4 Å². The van der Waals surface area contributed by atoms with Crippen LogP contribution in [0.25, 0.3) is 0 Å². The van der Waals surface area contributed by atoms with Crippen molar-refractivity contribution in [1.82, 2.24) is 0 Å². The molecule has 1 aliphatic rings. The first-order valence-electron chi connectivity index (χ1n) is 2.46. The Hall–Kier alpha value is -0.103. The molecular formula is C5H7LiO3. The predicted molar refractivity (Wildman–Crippen MR) is 26.0 cm³/mol. The minimum absolute atomic E-state index is 0. The third-order valence-electron chi connectivity index (χ3n) is 1.05. The first-order valence-corrected chi connectivity index (χ1v) is 2.46. The summed E-state index contributed by atoms with van der Waals surface area (Å²) in [5.74, 6) is -0.928. The molecule has 0 radical (unpaired) electrons. The van der Waals surface area contributed by atoms with Crippen molar-refractivity contribution in [3.63, 3.8) is 0 Å². The summed E-state index contributed by atoms with van der Waals surface area (Å²) in [5, 5.41) is 8.19. The zero-order valence-electron chi connectivity index (χ0n) is 5.55. The van der Waals surface area contributed by atoms with E-state index in [1.54, 1.807) is 0 Å². The fraction of sp³-hybridized carbons (Fsp3) is 0.600. The first kappa shape index (κ1) is 8.90. The second-order valence-electron chi connectivity index (χ2n) is 1.86. The van der Waals surface area contributed by atoms with Gasteiger partial charge >= 0.3 is 18.9 Å². The van der Waals surface area contributed by atoms with Crippen molar-refractivity contribution in [3.8, 4) is 0 Å². The minimum Gasteiger partial charge on any atom is -0.519 e. The number of aliphatic carboxylic acids is 1. The SMILES string of the molecule is C[C@@H]1C[C-](C(=O)O)O1.[Li+]. The summed E-state index contributed by atoms with van der Waals surface area (Å²) >= 11 is 0. The quantitative estimate of drug-likeness (QED) is 0.307. The van der Waals surface area contributed by atoms with E-state index >= 15 is 0 Å². The summed E-state index contributed by atoms with van der Waals surface area (Å²) in [6.07, 6.45) is 0.883. The molecule has 1 N–H and O–H groups in total. The van der Waals surface area contributed by atoms with Gasteiger partial charge in [0.1, 0.15) is 0 Å². The van der Waals surface area contributed by atoms with Crippen molar-refractivity contribution >= 4 is 5.97 Å². The van der Waals surface area contributed by atoms with Crippen LogP contribution in [0.5, 0.6) is 0 Å². The number of hydrogen-bond acceptors (Lipinski definition) is 2. The molecule has 0 aromatic carbocycles. The molecule has 0 aromatic rings. The van der Waals surface area contributed by atoms with Gasteiger partial charge in [-0.25, -0.2) is 0 Å². The molecule has 1 fully saturated rings. The topological polar surface area (TPSA) is 46.5 Å². The molecule has 0 saturated carbocycles. The molecule has 0 amide bonds. The molecule has 4 heteroatoms. The Bertz CT molecular complexity index is 109.